The van der Waals surface area contributed by atoms with Gasteiger partial charge in [-0.25, -0.2) is 4.79 Å². The van der Waals surface area contributed by atoms with Gasteiger partial charge in [-0.2, -0.15) is 0 Å². The number of nitrogens with one attached hydrogen (secondary N) is 1. The molecule has 1 unspecified atom stereocenters. The first-order chi connectivity index (χ1) is 16.7. The van der Waals surface area contributed by atoms with Crippen LogP contribution in [0.5, 0.6) is 0 Å². The first-order valence-corrected chi connectivity index (χ1v) is 12.3. The van der Waals surface area contributed by atoms with Gasteiger partial charge in [0.1, 0.15) is 0 Å². The summed E-state index contributed by atoms with van der Waals surface area (Å²) < 4.78 is 5.39. The van der Waals surface area contributed by atoms with E-state index in [-0.39, 0.29) is 37.3 Å². The lowest BCUT2D eigenvalue weighted by atomic mass is 9.81. The largest absolute Gasteiger partial charge is 0.463 e. The van der Waals surface area contributed by atoms with Crippen molar-refractivity contribution in [3.05, 3.63) is 82.1 Å². The molecule has 1 aliphatic heterocycles. The maximum atomic E-state index is 13.3. The van der Waals surface area contributed by atoms with Crippen molar-refractivity contribution in [1.29, 1.82) is 0 Å². The van der Waals surface area contributed by atoms with E-state index < -0.39 is 5.97 Å². The summed E-state index contributed by atoms with van der Waals surface area (Å²) in [5.41, 5.74) is 4.49. The van der Waals surface area contributed by atoms with Crippen molar-refractivity contribution in [1.82, 2.24) is 10.2 Å². The van der Waals surface area contributed by atoms with Gasteiger partial charge >= 0.3 is 5.97 Å². The first-order valence-electron chi connectivity index (χ1n) is 12.3. The van der Waals surface area contributed by atoms with E-state index in [0.29, 0.717) is 29.3 Å². The standard InChI is InChI=1S/C29H36N2O4/c1-6-35-29(34)27-21(5)31(26(32)17-25(27)24-13-8-7-10-20(24)4)18-22-11-9-12-23(16-22)28(33)30-15-14-19(2)3/h7-13,16,19,25H,6,14-15,17-18H2,1-5H3,(H,30,33). The number of allylic oxidation sites excluding steroid dienone is 1. The van der Waals surface area contributed by atoms with Gasteiger partial charge in [0.25, 0.3) is 5.91 Å². The van der Waals surface area contributed by atoms with E-state index in [1.54, 1.807) is 24.8 Å². The van der Waals surface area contributed by atoms with Gasteiger partial charge in [0, 0.05) is 30.1 Å². The monoisotopic (exact) mass is 476 g/mol. The molecule has 0 fully saturated rings. The van der Waals surface area contributed by atoms with E-state index in [2.05, 4.69) is 19.2 Å². The van der Waals surface area contributed by atoms with Crippen LogP contribution in [-0.2, 0) is 20.9 Å². The third-order valence-corrected chi connectivity index (χ3v) is 6.42. The molecule has 1 atom stereocenters. The minimum atomic E-state index is -0.394. The number of ether oxygens (including phenoxy) is 1. The van der Waals surface area contributed by atoms with E-state index in [1.807, 2.05) is 49.4 Å². The molecule has 0 saturated heterocycles. The molecule has 0 spiro atoms. The molecule has 1 N–H and O–H groups in total. The van der Waals surface area contributed by atoms with Crippen molar-refractivity contribution in [3.63, 3.8) is 0 Å². The molecule has 1 aliphatic rings. The molecule has 186 valence electrons. The molecule has 0 saturated carbocycles. The fourth-order valence-electron chi connectivity index (χ4n) is 4.49. The number of rotatable bonds is 9. The molecule has 2 aromatic rings. The Balaban J connectivity index is 1.90. The molecule has 0 aromatic heterocycles. The van der Waals surface area contributed by atoms with E-state index in [1.165, 1.54) is 0 Å². The number of benzene rings is 2. The van der Waals surface area contributed by atoms with Crippen LogP contribution in [0.2, 0.25) is 0 Å². The van der Waals surface area contributed by atoms with Crippen molar-refractivity contribution in [3.8, 4) is 0 Å². The minimum absolute atomic E-state index is 0.0596. The number of carbonyl (C=O) groups is 3. The molecular weight excluding hydrogens is 440 g/mol. The normalized spacial score (nSPS) is 16.0. The van der Waals surface area contributed by atoms with Gasteiger partial charge < -0.3 is 15.0 Å². The lowest BCUT2D eigenvalue weighted by Crippen LogP contribution is -2.38. The number of hydrogen-bond donors (Lipinski definition) is 1. The SMILES string of the molecule is CCOC(=O)C1=C(C)N(Cc2cccc(C(=O)NCCC(C)C)c2)C(=O)CC1c1ccccc1C. The van der Waals surface area contributed by atoms with Crippen molar-refractivity contribution in [2.75, 3.05) is 13.2 Å². The predicted molar refractivity (Wildman–Crippen MR) is 137 cm³/mol. The molecular formula is C29H36N2O4. The molecule has 0 radical (unpaired) electrons. The van der Waals surface area contributed by atoms with Crippen LogP contribution in [0, 0.1) is 12.8 Å². The third-order valence-electron chi connectivity index (χ3n) is 6.42. The van der Waals surface area contributed by atoms with Gasteiger partial charge in [0.15, 0.2) is 0 Å². The lowest BCUT2D eigenvalue weighted by molar-refractivity contribution is -0.140. The van der Waals surface area contributed by atoms with E-state index >= 15 is 0 Å². The molecule has 6 nitrogen and oxygen atoms in total. The fourth-order valence-corrected chi connectivity index (χ4v) is 4.49. The minimum Gasteiger partial charge on any atom is -0.463 e. The zero-order valence-corrected chi connectivity index (χ0v) is 21.4. The fraction of sp³-hybridized carbons (Fsp3) is 0.414. The Kier molecular flexibility index (Phi) is 8.85. The highest BCUT2D eigenvalue weighted by atomic mass is 16.5. The van der Waals surface area contributed by atoms with Crippen LogP contribution >= 0.6 is 0 Å². The predicted octanol–water partition coefficient (Wildman–Crippen LogP) is 5.12. The Morgan fingerprint density at radius 1 is 1.11 bits per heavy atom. The number of nitrogens with zero attached hydrogens (tertiary/aromatic N) is 1. The molecule has 0 bridgehead atoms. The Morgan fingerprint density at radius 3 is 2.54 bits per heavy atom. The van der Waals surface area contributed by atoms with E-state index in [4.69, 9.17) is 4.74 Å². The quantitative estimate of drug-likeness (QED) is 0.510. The van der Waals surface area contributed by atoms with Crippen molar-refractivity contribution in [2.24, 2.45) is 5.92 Å². The number of esters is 1. The smallest absolute Gasteiger partial charge is 0.336 e. The number of amides is 2. The van der Waals surface area contributed by atoms with Crippen LogP contribution in [-0.4, -0.2) is 35.8 Å². The maximum absolute atomic E-state index is 13.3. The molecule has 2 aromatic carbocycles. The molecule has 3 rings (SSSR count). The molecule has 35 heavy (non-hydrogen) atoms. The number of aryl methyl sites for hydroxylation is 1. The summed E-state index contributed by atoms with van der Waals surface area (Å²) in [6.07, 6.45) is 1.10. The highest BCUT2D eigenvalue weighted by Crippen LogP contribution is 2.38. The van der Waals surface area contributed by atoms with E-state index in [9.17, 15) is 14.4 Å². The summed E-state index contributed by atoms with van der Waals surface area (Å²) in [6, 6.07) is 15.1. The average Bonchev–Trinajstić information content (AvgIpc) is 2.81. The number of hydrogen-bond acceptors (Lipinski definition) is 4. The number of carbonyl (C=O) groups excluding carboxylic acids is 3. The molecule has 1 heterocycles. The highest BCUT2D eigenvalue weighted by molar-refractivity contribution is 5.96. The van der Waals surface area contributed by atoms with Gasteiger partial charge in [0.2, 0.25) is 5.91 Å². The second-order valence-corrected chi connectivity index (χ2v) is 9.45. The zero-order chi connectivity index (χ0) is 25.5. The van der Waals surface area contributed by atoms with Crippen LogP contribution in [0.3, 0.4) is 0 Å². The van der Waals surface area contributed by atoms with Crippen LogP contribution in [0.4, 0.5) is 0 Å². The molecule has 6 heteroatoms. The maximum Gasteiger partial charge on any atom is 0.336 e. The van der Waals surface area contributed by atoms with Crippen LogP contribution in [0.1, 0.15) is 73.5 Å². The van der Waals surface area contributed by atoms with Crippen LogP contribution in [0.25, 0.3) is 0 Å². The zero-order valence-electron chi connectivity index (χ0n) is 21.4. The van der Waals surface area contributed by atoms with Crippen LogP contribution < -0.4 is 5.32 Å². The Hall–Kier alpha value is -3.41. The van der Waals surface area contributed by atoms with Gasteiger partial charge in [-0.3, -0.25) is 9.59 Å². The second-order valence-electron chi connectivity index (χ2n) is 9.45. The lowest BCUT2D eigenvalue weighted by Gasteiger charge is -2.35. The van der Waals surface area contributed by atoms with Crippen molar-refractivity contribution in [2.45, 2.75) is 59.9 Å². The molecule has 2 amide bonds. The summed E-state index contributed by atoms with van der Waals surface area (Å²) in [7, 11) is 0. The Morgan fingerprint density at radius 2 is 1.86 bits per heavy atom. The van der Waals surface area contributed by atoms with E-state index in [0.717, 1.165) is 23.1 Å². The summed E-state index contributed by atoms with van der Waals surface area (Å²) >= 11 is 0. The summed E-state index contributed by atoms with van der Waals surface area (Å²) in [4.78, 5) is 40.6. The van der Waals surface area contributed by atoms with Crippen molar-refractivity contribution >= 4 is 17.8 Å². The highest BCUT2D eigenvalue weighted by Gasteiger charge is 2.37. The summed E-state index contributed by atoms with van der Waals surface area (Å²) in [5, 5.41) is 2.95. The van der Waals surface area contributed by atoms with Gasteiger partial charge in [-0.15, -0.1) is 0 Å². The Labute approximate surface area is 208 Å². The van der Waals surface area contributed by atoms with Gasteiger partial charge in [-0.05, 0) is 61.9 Å². The van der Waals surface area contributed by atoms with Crippen molar-refractivity contribution < 1.29 is 19.1 Å². The van der Waals surface area contributed by atoms with Gasteiger partial charge in [0.05, 0.1) is 18.7 Å². The third kappa shape index (κ3) is 6.38. The van der Waals surface area contributed by atoms with Crippen LogP contribution in [0.15, 0.2) is 59.8 Å². The molecule has 0 aliphatic carbocycles. The average molecular weight is 477 g/mol. The topological polar surface area (TPSA) is 75.7 Å². The summed E-state index contributed by atoms with van der Waals surface area (Å²) in [5.74, 6) is -0.420. The Bertz CT molecular complexity index is 1120. The second kappa shape index (κ2) is 11.8. The first kappa shape index (κ1) is 26.2. The summed E-state index contributed by atoms with van der Waals surface area (Å²) in [6.45, 7) is 11.0. The van der Waals surface area contributed by atoms with Gasteiger partial charge in [-0.1, -0.05) is 50.2 Å².